The zero-order chi connectivity index (χ0) is 12.2. The third-order valence-corrected chi connectivity index (χ3v) is 5.26. The van der Waals surface area contributed by atoms with Crippen molar-refractivity contribution in [1.29, 1.82) is 0 Å². The molecule has 1 heterocycles. The summed E-state index contributed by atoms with van der Waals surface area (Å²) in [6.45, 7) is 6.11. The minimum Gasteiger partial charge on any atom is -0.461 e. The third kappa shape index (κ3) is 1.35. The van der Waals surface area contributed by atoms with Gasteiger partial charge in [-0.05, 0) is 31.1 Å². The number of esters is 1. The van der Waals surface area contributed by atoms with E-state index in [0.717, 1.165) is 19.3 Å². The van der Waals surface area contributed by atoms with Crippen LogP contribution in [0.3, 0.4) is 0 Å². The van der Waals surface area contributed by atoms with E-state index in [1.165, 1.54) is 0 Å². The Balaban J connectivity index is 1.84. The molecule has 0 aromatic carbocycles. The summed E-state index contributed by atoms with van der Waals surface area (Å²) in [5, 5.41) is 9.57. The van der Waals surface area contributed by atoms with Crippen LogP contribution in [0.25, 0.3) is 0 Å². The molecule has 94 valence electrons. The summed E-state index contributed by atoms with van der Waals surface area (Å²) in [5.41, 5.74) is 0.163. The molecule has 0 amide bonds. The fourth-order valence-corrected chi connectivity index (χ4v) is 4.26. The molecule has 2 saturated carbocycles. The van der Waals surface area contributed by atoms with Gasteiger partial charge >= 0.3 is 5.97 Å². The van der Waals surface area contributed by atoms with Crippen LogP contribution in [-0.4, -0.2) is 23.8 Å². The Morgan fingerprint density at radius 1 is 1.65 bits per heavy atom. The van der Waals surface area contributed by atoms with Gasteiger partial charge in [-0.1, -0.05) is 13.0 Å². The predicted molar refractivity (Wildman–Crippen MR) is 63.1 cm³/mol. The average molecular weight is 236 g/mol. The van der Waals surface area contributed by atoms with Crippen LogP contribution in [0, 0.1) is 29.1 Å². The highest BCUT2D eigenvalue weighted by atomic mass is 16.6. The monoisotopic (exact) mass is 236 g/mol. The van der Waals surface area contributed by atoms with E-state index in [1.807, 2.05) is 6.08 Å². The first-order valence-electron chi connectivity index (χ1n) is 6.55. The molecular weight excluding hydrogens is 216 g/mol. The van der Waals surface area contributed by atoms with Gasteiger partial charge in [-0.25, -0.2) is 0 Å². The molecule has 0 unspecified atom stereocenters. The first kappa shape index (κ1) is 11.3. The summed E-state index contributed by atoms with van der Waals surface area (Å²) in [6.07, 6.45) is 4.70. The van der Waals surface area contributed by atoms with Gasteiger partial charge in [-0.2, -0.15) is 0 Å². The number of allylic oxidation sites excluding steroid dienone is 1. The Morgan fingerprint density at radius 2 is 2.41 bits per heavy atom. The molecule has 3 fully saturated rings. The molecule has 0 aromatic rings. The molecule has 0 radical (unpaired) electrons. The molecule has 17 heavy (non-hydrogen) atoms. The van der Waals surface area contributed by atoms with Crippen molar-refractivity contribution in [3.8, 4) is 0 Å². The molecule has 0 spiro atoms. The van der Waals surface area contributed by atoms with Gasteiger partial charge < -0.3 is 9.84 Å². The van der Waals surface area contributed by atoms with Crippen molar-refractivity contribution in [2.45, 2.75) is 32.3 Å². The number of ether oxygens (including phenoxy) is 1. The van der Waals surface area contributed by atoms with E-state index in [2.05, 4.69) is 13.5 Å². The topological polar surface area (TPSA) is 46.5 Å². The third-order valence-electron chi connectivity index (χ3n) is 5.26. The molecule has 0 bridgehead atoms. The number of fused-ring (bicyclic) bond motifs is 3. The van der Waals surface area contributed by atoms with Crippen molar-refractivity contribution in [2.75, 3.05) is 6.61 Å². The van der Waals surface area contributed by atoms with E-state index >= 15 is 0 Å². The number of hydrogen-bond donors (Lipinski definition) is 1. The second-order valence-electron chi connectivity index (χ2n) is 6.07. The highest BCUT2D eigenvalue weighted by Gasteiger charge is 2.73. The van der Waals surface area contributed by atoms with Crippen molar-refractivity contribution in [2.24, 2.45) is 29.1 Å². The number of carbonyl (C=O) groups is 1. The van der Waals surface area contributed by atoms with Crippen LogP contribution in [0.5, 0.6) is 0 Å². The SMILES string of the molecule is C=CCC[C@H]1C(=O)O[C@H]2[C@@H]1[C@H](CO)[C@@H]1C[C@@]12C. The van der Waals surface area contributed by atoms with E-state index in [1.54, 1.807) is 0 Å². The van der Waals surface area contributed by atoms with Gasteiger partial charge in [0.25, 0.3) is 0 Å². The smallest absolute Gasteiger partial charge is 0.309 e. The summed E-state index contributed by atoms with van der Waals surface area (Å²) in [5.74, 6) is 1.02. The number of rotatable bonds is 4. The summed E-state index contributed by atoms with van der Waals surface area (Å²) in [6, 6.07) is 0. The normalized spacial score (nSPS) is 50.7. The lowest BCUT2D eigenvalue weighted by Crippen LogP contribution is -2.29. The van der Waals surface area contributed by atoms with Crippen LogP contribution in [0.4, 0.5) is 0 Å². The Bertz CT molecular complexity index is 364. The Kier molecular flexibility index (Phi) is 2.37. The average Bonchev–Trinajstić information content (AvgIpc) is 2.78. The quantitative estimate of drug-likeness (QED) is 0.597. The second-order valence-corrected chi connectivity index (χ2v) is 6.07. The summed E-state index contributed by atoms with van der Waals surface area (Å²) >= 11 is 0. The van der Waals surface area contributed by atoms with E-state index in [0.29, 0.717) is 5.92 Å². The molecule has 1 aliphatic heterocycles. The molecule has 3 nitrogen and oxygen atoms in total. The van der Waals surface area contributed by atoms with Crippen molar-refractivity contribution < 1.29 is 14.6 Å². The Labute approximate surface area is 102 Å². The predicted octanol–water partition coefficient (Wildman–Crippen LogP) is 1.76. The maximum absolute atomic E-state index is 11.9. The van der Waals surface area contributed by atoms with Crippen molar-refractivity contribution >= 4 is 5.97 Å². The van der Waals surface area contributed by atoms with Crippen molar-refractivity contribution in [3.63, 3.8) is 0 Å². The standard InChI is InChI=1S/C14H20O3/c1-3-4-5-8-11-9(7-15)10-6-14(10,2)12(11)17-13(8)16/h3,8-12,15H,1,4-7H2,2H3/t8-,9-,10+,11+,12+,14+/m1/s1. The van der Waals surface area contributed by atoms with Crippen LogP contribution in [0.1, 0.15) is 26.2 Å². The molecule has 1 N–H and O–H groups in total. The highest BCUT2D eigenvalue weighted by Crippen LogP contribution is 2.71. The van der Waals surface area contributed by atoms with Crippen LogP contribution in [0.2, 0.25) is 0 Å². The first-order chi connectivity index (χ1) is 8.13. The molecule has 3 rings (SSSR count). The van der Waals surface area contributed by atoms with Crippen LogP contribution < -0.4 is 0 Å². The van der Waals surface area contributed by atoms with E-state index in [-0.39, 0.29) is 41.8 Å². The van der Waals surface area contributed by atoms with Gasteiger partial charge in [-0.15, -0.1) is 6.58 Å². The minimum atomic E-state index is -0.0492. The van der Waals surface area contributed by atoms with Gasteiger partial charge in [0, 0.05) is 17.9 Å². The van der Waals surface area contributed by atoms with Gasteiger partial charge in [0.1, 0.15) is 6.10 Å². The molecule has 3 heteroatoms. The second kappa shape index (κ2) is 3.58. The zero-order valence-corrected chi connectivity index (χ0v) is 10.3. The number of hydrogen-bond acceptors (Lipinski definition) is 3. The molecule has 0 aromatic heterocycles. The lowest BCUT2D eigenvalue weighted by molar-refractivity contribution is -0.146. The lowest BCUT2D eigenvalue weighted by atomic mass is 9.79. The maximum Gasteiger partial charge on any atom is 0.309 e. The number of aliphatic hydroxyl groups is 1. The molecule has 3 aliphatic rings. The van der Waals surface area contributed by atoms with E-state index in [4.69, 9.17) is 4.74 Å². The van der Waals surface area contributed by atoms with Crippen molar-refractivity contribution in [1.82, 2.24) is 0 Å². The molecule has 2 aliphatic carbocycles. The van der Waals surface area contributed by atoms with Crippen LogP contribution in [-0.2, 0) is 9.53 Å². The van der Waals surface area contributed by atoms with Crippen LogP contribution in [0.15, 0.2) is 12.7 Å². The van der Waals surface area contributed by atoms with Gasteiger partial charge in [-0.3, -0.25) is 4.79 Å². The molecule has 1 saturated heterocycles. The fraction of sp³-hybridized carbons (Fsp3) is 0.786. The first-order valence-corrected chi connectivity index (χ1v) is 6.55. The van der Waals surface area contributed by atoms with E-state index in [9.17, 15) is 9.90 Å². The van der Waals surface area contributed by atoms with Crippen LogP contribution >= 0.6 is 0 Å². The summed E-state index contributed by atoms with van der Waals surface area (Å²) in [7, 11) is 0. The molecule has 6 atom stereocenters. The lowest BCUT2D eigenvalue weighted by Gasteiger charge is -2.23. The fourth-order valence-electron chi connectivity index (χ4n) is 4.26. The zero-order valence-electron chi connectivity index (χ0n) is 10.3. The van der Waals surface area contributed by atoms with Gasteiger partial charge in [0.15, 0.2) is 0 Å². The molecular formula is C14H20O3. The summed E-state index contributed by atoms with van der Waals surface area (Å²) in [4.78, 5) is 11.9. The number of aliphatic hydroxyl groups excluding tert-OH is 1. The highest BCUT2D eigenvalue weighted by molar-refractivity contribution is 5.76. The minimum absolute atomic E-state index is 0.0141. The Hall–Kier alpha value is -0.830. The van der Waals surface area contributed by atoms with Gasteiger partial charge in [0.2, 0.25) is 0 Å². The van der Waals surface area contributed by atoms with Gasteiger partial charge in [0.05, 0.1) is 5.92 Å². The largest absolute Gasteiger partial charge is 0.461 e. The van der Waals surface area contributed by atoms with Crippen molar-refractivity contribution in [3.05, 3.63) is 12.7 Å². The maximum atomic E-state index is 11.9. The number of carbonyl (C=O) groups excluding carboxylic acids is 1. The Morgan fingerprint density at radius 3 is 3.06 bits per heavy atom. The summed E-state index contributed by atoms with van der Waals surface area (Å²) < 4.78 is 5.60. The van der Waals surface area contributed by atoms with E-state index < -0.39 is 0 Å².